The second kappa shape index (κ2) is 6.38. The van der Waals surface area contributed by atoms with Gasteiger partial charge in [0, 0.05) is 19.1 Å². The molecule has 1 heterocycles. The Kier molecular flexibility index (Phi) is 5.15. The highest BCUT2D eigenvalue weighted by atomic mass is 35.5. The smallest absolute Gasteiger partial charge is 0.244 e. The summed E-state index contributed by atoms with van der Waals surface area (Å²) < 4.78 is 40.1. The summed E-state index contributed by atoms with van der Waals surface area (Å²) in [6.45, 7) is 2.63. The van der Waals surface area contributed by atoms with Gasteiger partial charge >= 0.3 is 0 Å². The van der Waals surface area contributed by atoms with Crippen LogP contribution in [-0.2, 0) is 10.0 Å². The summed E-state index contributed by atoms with van der Waals surface area (Å²) in [5.41, 5.74) is 5.84. The molecule has 0 spiro atoms. The molecule has 0 radical (unpaired) electrons. The zero-order valence-corrected chi connectivity index (χ0v) is 13.8. The third-order valence-electron chi connectivity index (χ3n) is 3.86. The molecule has 0 aliphatic carbocycles. The number of piperidine rings is 1. The molecule has 118 valence electrons. The molecule has 1 aromatic rings. The molecular weight excluding hydrogens is 338 g/mol. The van der Waals surface area contributed by atoms with Gasteiger partial charge in [-0.1, -0.05) is 23.2 Å². The maximum atomic E-state index is 13.7. The first-order chi connectivity index (χ1) is 9.75. The van der Waals surface area contributed by atoms with Gasteiger partial charge in [-0.05, 0) is 37.8 Å². The number of rotatable bonds is 3. The minimum absolute atomic E-state index is 0.0337. The molecule has 0 saturated carbocycles. The average molecular weight is 355 g/mol. The number of halogens is 3. The average Bonchev–Trinajstić information content (AvgIpc) is 2.44. The van der Waals surface area contributed by atoms with Gasteiger partial charge in [0.15, 0.2) is 5.82 Å². The number of hydrogen-bond donors (Lipinski definition) is 1. The zero-order valence-electron chi connectivity index (χ0n) is 11.5. The molecule has 1 aromatic carbocycles. The van der Waals surface area contributed by atoms with Crippen LogP contribution >= 0.6 is 23.2 Å². The third-order valence-corrected chi connectivity index (χ3v) is 6.57. The van der Waals surface area contributed by atoms with Crippen molar-refractivity contribution < 1.29 is 12.8 Å². The normalized spacial score (nSPS) is 19.7. The molecule has 0 bridgehead atoms. The molecule has 1 aliphatic rings. The van der Waals surface area contributed by atoms with E-state index in [4.69, 9.17) is 28.9 Å². The summed E-state index contributed by atoms with van der Waals surface area (Å²) >= 11 is 11.4. The molecule has 2 N–H and O–H groups in total. The van der Waals surface area contributed by atoms with Gasteiger partial charge in [-0.3, -0.25) is 0 Å². The molecule has 21 heavy (non-hydrogen) atoms. The molecule has 1 fully saturated rings. The van der Waals surface area contributed by atoms with Gasteiger partial charge in [0.05, 0.1) is 10.0 Å². The van der Waals surface area contributed by atoms with Crippen molar-refractivity contribution in [2.45, 2.75) is 30.7 Å². The molecule has 8 heteroatoms. The Hall–Kier alpha value is -0.400. The van der Waals surface area contributed by atoms with Crippen LogP contribution in [0, 0.1) is 11.7 Å². The first-order valence-electron chi connectivity index (χ1n) is 6.64. The van der Waals surface area contributed by atoms with Crippen LogP contribution in [0.5, 0.6) is 0 Å². The van der Waals surface area contributed by atoms with Crippen molar-refractivity contribution in [3.05, 3.63) is 28.0 Å². The first-order valence-corrected chi connectivity index (χ1v) is 8.84. The van der Waals surface area contributed by atoms with Crippen molar-refractivity contribution in [1.29, 1.82) is 0 Å². The fraction of sp³-hybridized carbons (Fsp3) is 0.538. The lowest BCUT2D eigenvalue weighted by atomic mass is 9.92. The van der Waals surface area contributed by atoms with Crippen LogP contribution in [0.15, 0.2) is 17.0 Å². The van der Waals surface area contributed by atoms with Crippen LogP contribution in [0.4, 0.5) is 4.39 Å². The van der Waals surface area contributed by atoms with Crippen LogP contribution in [-0.4, -0.2) is 31.9 Å². The van der Waals surface area contributed by atoms with E-state index >= 15 is 0 Å². The topological polar surface area (TPSA) is 63.4 Å². The molecule has 0 amide bonds. The van der Waals surface area contributed by atoms with E-state index in [9.17, 15) is 12.8 Å². The fourth-order valence-corrected chi connectivity index (χ4v) is 4.68. The number of nitrogens with two attached hydrogens (primary N) is 1. The molecule has 4 nitrogen and oxygen atoms in total. The maximum Gasteiger partial charge on any atom is 0.244 e. The van der Waals surface area contributed by atoms with Crippen molar-refractivity contribution >= 4 is 33.2 Å². The maximum absolute atomic E-state index is 13.7. The highest BCUT2D eigenvalue weighted by Gasteiger charge is 2.32. The van der Waals surface area contributed by atoms with Gasteiger partial charge in [-0.25, -0.2) is 12.8 Å². The number of hydrogen-bond acceptors (Lipinski definition) is 3. The minimum atomic E-state index is -3.82. The van der Waals surface area contributed by atoms with Crippen LogP contribution in [0.3, 0.4) is 0 Å². The Bertz CT molecular complexity index is 629. The fourth-order valence-electron chi connectivity index (χ4n) is 2.49. The third kappa shape index (κ3) is 3.35. The van der Waals surface area contributed by atoms with Gasteiger partial charge in [0.1, 0.15) is 4.90 Å². The Labute approximate surface area is 134 Å². The lowest BCUT2D eigenvalue weighted by Gasteiger charge is -2.33. The van der Waals surface area contributed by atoms with E-state index in [1.54, 1.807) is 0 Å². The van der Waals surface area contributed by atoms with E-state index in [1.807, 2.05) is 6.92 Å². The van der Waals surface area contributed by atoms with Crippen LogP contribution in [0.25, 0.3) is 0 Å². The van der Waals surface area contributed by atoms with Crippen molar-refractivity contribution in [1.82, 2.24) is 4.31 Å². The molecular formula is C13H17Cl2FN2O2S. The molecule has 2 rings (SSSR count). The highest BCUT2D eigenvalue weighted by Crippen LogP contribution is 2.33. The number of sulfonamides is 1. The van der Waals surface area contributed by atoms with E-state index in [-0.39, 0.29) is 16.0 Å². The Balaban J connectivity index is 2.26. The second-order valence-electron chi connectivity index (χ2n) is 5.27. The summed E-state index contributed by atoms with van der Waals surface area (Å²) in [4.78, 5) is -0.245. The molecule has 0 aromatic heterocycles. The van der Waals surface area contributed by atoms with Gasteiger partial charge in [-0.2, -0.15) is 4.31 Å². The predicted molar refractivity (Wildman–Crippen MR) is 81.6 cm³/mol. The van der Waals surface area contributed by atoms with Crippen LogP contribution < -0.4 is 5.73 Å². The van der Waals surface area contributed by atoms with E-state index in [1.165, 1.54) is 16.4 Å². The van der Waals surface area contributed by atoms with Crippen molar-refractivity contribution in [2.75, 3.05) is 13.1 Å². The first kappa shape index (κ1) is 17.0. The summed E-state index contributed by atoms with van der Waals surface area (Å²) in [5, 5.41) is -0.661. The molecule has 1 atom stereocenters. The molecule has 1 unspecified atom stereocenters. The van der Waals surface area contributed by atoms with Crippen LogP contribution in [0.1, 0.15) is 19.8 Å². The Morgan fingerprint density at radius 3 is 2.43 bits per heavy atom. The van der Waals surface area contributed by atoms with E-state index in [2.05, 4.69) is 0 Å². The summed E-state index contributed by atoms with van der Waals surface area (Å²) in [6.07, 6.45) is 1.37. The van der Waals surface area contributed by atoms with Gasteiger partial charge < -0.3 is 5.73 Å². The quantitative estimate of drug-likeness (QED) is 0.848. The van der Waals surface area contributed by atoms with Crippen molar-refractivity contribution in [3.8, 4) is 0 Å². The molecule has 1 saturated heterocycles. The lowest BCUT2D eigenvalue weighted by molar-refractivity contribution is 0.250. The molecule has 1 aliphatic heterocycles. The van der Waals surface area contributed by atoms with Crippen molar-refractivity contribution in [2.24, 2.45) is 11.7 Å². The summed E-state index contributed by atoms with van der Waals surface area (Å²) in [5.74, 6) is -0.612. The SMILES string of the molecule is CC(N)C1CCN(S(=O)(=O)c2ccc(Cl)c(F)c2Cl)CC1. The van der Waals surface area contributed by atoms with E-state index in [0.717, 1.165) is 0 Å². The number of benzene rings is 1. The van der Waals surface area contributed by atoms with Gasteiger partial charge in [-0.15, -0.1) is 0 Å². The predicted octanol–water partition coefficient (Wildman–Crippen LogP) is 2.88. The lowest BCUT2D eigenvalue weighted by Crippen LogP contribution is -2.42. The largest absolute Gasteiger partial charge is 0.328 e. The van der Waals surface area contributed by atoms with Gasteiger partial charge in [0.2, 0.25) is 10.0 Å². The minimum Gasteiger partial charge on any atom is -0.328 e. The monoisotopic (exact) mass is 354 g/mol. The number of nitrogens with zero attached hydrogens (tertiary/aromatic N) is 1. The van der Waals surface area contributed by atoms with Crippen LogP contribution in [0.2, 0.25) is 10.0 Å². The van der Waals surface area contributed by atoms with E-state index < -0.39 is 20.9 Å². The summed E-state index contributed by atoms with van der Waals surface area (Å²) in [7, 11) is -3.82. The standard InChI is InChI=1S/C13H17Cl2FN2O2S/c1-8(17)9-4-6-18(7-5-9)21(19,20)11-3-2-10(14)13(16)12(11)15/h2-3,8-9H,4-7,17H2,1H3. The second-order valence-corrected chi connectivity index (χ2v) is 7.97. The Morgan fingerprint density at radius 1 is 1.33 bits per heavy atom. The van der Waals surface area contributed by atoms with Gasteiger partial charge in [0.25, 0.3) is 0 Å². The Morgan fingerprint density at radius 2 is 1.90 bits per heavy atom. The van der Waals surface area contributed by atoms with Crippen molar-refractivity contribution in [3.63, 3.8) is 0 Å². The highest BCUT2D eigenvalue weighted by molar-refractivity contribution is 7.89. The van der Waals surface area contributed by atoms with E-state index in [0.29, 0.717) is 31.8 Å². The summed E-state index contributed by atoms with van der Waals surface area (Å²) in [6, 6.07) is 2.47. The zero-order chi connectivity index (χ0) is 15.8.